The highest BCUT2D eigenvalue weighted by Crippen LogP contribution is 2.44. The Labute approximate surface area is 183 Å². The van der Waals surface area contributed by atoms with E-state index in [-0.39, 0.29) is 11.4 Å². The third kappa shape index (κ3) is 4.43. The molecular weight excluding hydrogens is 394 g/mol. The number of hydrogen-bond acceptors (Lipinski definition) is 5. The van der Waals surface area contributed by atoms with Crippen LogP contribution in [-0.4, -0.2) is 30.0 Å². The first-order valence-corrected chi connectivity index (χ1v) is 10.5. The van der Waals surface area contributed by atoms with E-state index in [1.165, 1.54) is 4.90 Å². The summed E-state index contributed by atoms with van der Waals surface area (Å²) in [5.41, 5.74) is 0.527. The molecule has 1 amide bonds. The van der Waals surface area contributed by atoms with E-state index in [2.05, 4.69) is 0 Å². The minimum Gasteiger partial charge on any atom is -0.503 e. The van der Waals surface area contributed by atoms with Crippen LogP contribution in [0.25, 0.3) is 0 Å². The Hall–Kier alpha value is -3.28. The van der Waals surface area contributed by atoms with E-state index < -0.39 is 23.1 Å². The minimum atomic E-state index is -0.781. The number of ether oxygens (including phenoxy) is 2. The summed E-state index contributed by atoms with van der Waals surface area (Å²) in [5, 5.41) is 10.8. The van der Waals surface area contributed by atoms with Crippen LogP contribution >= 0.6 is 0 Å². The average Bonchev–Trinajstić information content (AvgIpc) is 2.98. The lowest BCUT2D eigenvalue weighted by atomic mass is 9.82. The second-order valence-corrected chi connectivity index (χ2v) is 8.35. The van der Waals surface area contributed by atoms with Crippen LogP contribution < -0.4 is 14.4 Å². The average molecular weight is 424 g/mol. The Morgan fingerprint density at radius 3 is 2.16 bits per heavy atom. The van der Waals surface area contributed by atoms with E-state index in [0.29, 0.717) is 36.0 Å². The zero-order valence-corrected chi connectivity index (χ0v) is 18.6. The Morgan fingerprint density at radius 1 is 1.00 bits per heavy atom. The molecule has 2 aromatic rings. The molecule has 1 unspecified atom stereocenters. The fourth-order valence-corrected chi connectivity index (χ4v) is 3.65. The van der Waals surface area contributed by atoms with Gasteiger partial charge in [-0.05, 0) is 43.7 Å². The third-order valence-corrected chi connectivity index (χ3v) is 5.03. The molecule has 31 heavy (non-hydrogen) atoms. The van der Waals surface area contributed by atoms with Crippen molar-refractivity contribution in [2.75, 3.05) is 18.1 Å². The van der Waals surface area contributed by atoms with Gasteiger partial charge in [-0.25, -0.2) is 0 Å². The van der Waals surface area contributed by atoms with Crippen LogP contribution in [0.5, 0.6) is 11.5 Å². The van der Waals surface area contributed by atoms with Gasteiger partial charge in [0.15, 0.2) is 11.5 Å². The molecule has 1 aliphatic rings. The molecule has 6 heteroatoms. The molecule has 0 aliphatic carbocycles. The number of Topliss-reactive ketones (excluding diaryl/α,β-unsaturated/α-hetero) is 1. The monoisotopic (exact) mass is 423 g/mol. The predicted molar refractivity (Wildman–Crippen MR) is 120 cm³/mol. The van der Waals surface area contributed by atoms with E-state index in [0.717, 1.165) is 0 Å². The molecule has 6 nitrogen and oxygen atoms in total. The van der Waals surface area contributed by atoms with Gasteiger partial charge in [0.2, 0.25) is 0 Å². The fourth-order valence-electron chi connectivity index (χ4n) is 3.65. The first-order chi connectivity index (χ1) is 14.7. The number of benzene rings is 2. The van der Waals surface area contributed by atoms with Crippen molar-refractivity contribution in [3.05, 3.63) is 65.4 Å². The highest BCUT2D eigenvalue weighted by atomic mass is 16.5. The van der Waals surface area contributed by atoms with Crippen molar-refractivity contribution in [2.24, 2.45) is 5.41 Å². The van der Waals surface area contributed by atoms with Gasteiger partial charge in [0, 0.05) is 17.2 Å². The number of aliphatic hydroxyl groups is 1. The number of carbonyl (C=O) groups is 2. The maximum absolute atomic E-state index is 13.3. The number of aliphatic hydroxyl groups excluding tert-OH is 1. The number of rotatable bonds is 7. The summed E-state index contributed by atoms with van der Waals surface area (Å²) in [6.45, 7) is 10.0. The molecule has 0 radical (unpaired) electrons. The zero-order chi connectivity index (χ0) is 22.8. The van der Waals surface area contributed by atoms with Gasteiger partial charge < -0.3 is 14.6 Å². The molecule has 0 saturated heterocycles. The standard InChI is InChI=1S/C25H29NO5/c1-6-30-18-12-8-10-16(14-18)21-20(23(28)25(3,4)5)22(27)24(29)26(21)17-11-9-13-19(15-17)31-7-2/h8-15,21,27H,6-7H2,1-5H3. The quantitative estimate of drug-likeness (QED) is 0.678. The highest BCUT2D eigenvalue weighted by Gasteiger charge is 2.46. The van der Waals surface area contributed by atoms with Crippen molar-refractivity contribution in [1.29, 1.82) is 0 Å². The molecule has 3 rings (SSSR count). The molecule has 1 heterocycles. The summed E-state index contributed by atoms with van der Waals surface area (Å²) in [6.07, 6.45) is 0. The maximum Gasteiger partial charge on any atom is 0.294 e. The normalized spacial score (nSPS) is 16.6. The van der Waals surface area contributed by atoms with Crippen molar-refractivity contribution in [1.82, 2.24) is 0 Å². The molecule has 1 aliphatic heterocycles. The van der Waals surface area contributed by atoms with Crippen LogP contribution in [0.4, 0.5) is 5.69 Å². The molecular formula is C25H29NO5. The lowest BCUT2D eigenvalue weighted by molar-refractivity contribution is -0.123. The van der Waals surface area contributed by atoms with Crippen LogP contribution in [-0.2, 0) is 9.59 Å². The van der Waals surface area contributed by atoms with Gasteiger partial charge in [0.05, 0.1) is 24.8 Å². The van der Waals surface area contributed by atoms with Gasteiger partial charge in [0.1, 0.15) is 11.5 Å². The molecule has 0 spiro atoms. The molecule has 164 valence electrons. The summed E-state index contributed by atoms with van der Waals surface area (Å²) in [7, 11) is 0. The van der Waals surface area contributed by atoms with Crippen LogP contribution in [0.3, 0.4) is 0 Å². The molecule has 1 atom stereocenters. The Kier molecular flexibility index (Phi) is 6.39. The van der Waals surface area contributed by atoms with Gasteiger partial charge >= 0.3 is 0 Å². The largest absolute Gasteiger partial charge is 0.503 e. The summed E-state index contributed by atoms with van der Waals surface area (Å²) >= 11 is 0. The smallest absolute Gasteiger partial charge is 0.294 e. The lowest BCUT2D eigenvalue weighted by Crippen LogP contribution is -2.32. The van der Waals surface area contributed by atoms with Crippen molar-refractivity contribution in [3.8, 4) is 11.5 Å². The SMILES string of the molecule is CCOc1cccc(C2C(C(=O)C(C)(C)C)=C(O)C(=O)N2c2cccc(OCC)c2)c1. The van der Waals surface area contributed by atoms with Gasteiger partial charge in [-0.15, -0.1) is 0 Å². The van der Waals surface area contributed by atoms with Crippen LogP contribution in [0.15, 0.2) is 59.9 Å². The van der Waals surface area contributed by atoms with E-state index in [4.69, 9.17) is 9.47 Å². The number of carbonyl (C=O) groups excluding carboxylic acids is 2. The number of anilines is 1. The predicted octanol–water partition coefficient (Wildman–Crippen LogP) is 5.00. The van der Waals surface area contributed by atoms with Crippen molar-refractivity contribution in [3.63, 3.8) is 0 Å². The minimum absolute atomic E-state index is 0.0907. The maximum atomic E-state index is 13.3. The molecule has 2 aromatic carbocycles. The van der Waals surface area contributed by atoms with E-state index in [1.807, 2.05) is 32.0 Å². The van der Waals surface area contributed by atoms with E-state index >= 15 is 0 Å². The van der Waals surface area contributed by atoms with Gasteiger partial charge in [0.25, 0.3) is 5.91 Å². The summed E-state index contributed by atoms with van der Waals surface area (Å²) < 4.78 is 11.2. The van der Waals surface area contributed by atoms with Crippen LogP contribution in [0, 0.1) is 5.41 Å². The number of hydrogen-bond donors (Lipinski definition) is 1. The van der Waals surface area contributed by atoms with Gasteiger partial charge in [-0.2, -0.15) is 0 Å². The number of amides is 1. The highest BCUT2D eigenvalue weighted by molar-refractivity contribution is 6.17. The first kappa shape index (κ1) is 22.4. The number of nitrogens with zero attached hydrogens (tertiary/aromatic N) is 1. The second kappa shape index (κ2) is 8.84. The van der Waals surface area contributed by atoms with Crippen molar-refractivity contribution in [2.45, 2.75) is 40.7 Å². The fraction of sp³-hybridized carbons (Fsp3) is 0.360. The molecule has 0 fully saturated rings. The van der Waals surface area contributed by atoms with Crippen LogP contribution in [0.1, 0.15) is 46.2 Å². The van der Waals surface area contributed by atoms with Crippen molar-refractivity contribution >= 4 is 17.4 Å². The zero-order valence-electron chi connectivity index (χ0n) is 18.6. The van der Waals surface area contributed by atoms with Gasteiger partial charge in [-0.3, -0.25) is 14.5 Å². The second-order valence-electron chi connectivity index (χ2n) is 8.35. The summed E-state index contributed by atoms with van der Waals surface area (Å²) in [6, 6.07) is 13.6. The molecule has 0 bridgehead atoms. The summed E-state index contributed by atoms with van der Waals surface area (Å²) in [4.78, 5) is 28.0. The van der Waals surface area contributed by atoms with Crippen molar-refractivity contribution < 1.29 is 24.2 Å². The third-order valence-electron chi connectivity index (χ3n) is 5.03. The Balaban J connectivity index is 2.18. The number of ketones is 1. The molecule has 0 aromatic heterocycles. The first-order valence-electron chi connectivity index (χ1n) is 10.5. The molecule has 1 N–H and O–H groups in total. The van der Waals surface area contributed by atoms with E-state index in [1.54, 1.807) is 51.1 Å². The van der Waals surface area contributed by atoms with E-state index in [9.17, 15) is 14.7 Å². The topological polar surface area (TPSA) is 76.1 Å². The van der Waals surface area contributed by atoms with Gasteiger partial charge in [-0.1, -0.05) is 39.0 Å². The van der Waals surface area contributed by atoms with Crippen LogP contribution in [0.2, 0.25) is 0 Å². The Bertz CT molecular complexity index is 1020. The Morgan fingerprint density at radius 2 is 1.58 bits per heavy atom. The molecule has 0 saturated carbocycles. The summed E-state index contributed by atoms with van der Waals surface area (Å²) in [5.74, 6) is -0.190. The lowest BCUT2D eigenvalue weighted by Gasteiger charge is -2.29.